The van der Waals surface area contributed by atoms with Gasteiger partial charge in [0.15, 0.2) is 0 Å². The summed E-state index contributed by atoms with van der Waals surface area (Å²) in [5.74, 6) is -1.65. The molecule has 0 heterocycles. The third-order valence-electron chi connectivity index (χ3n) is 5.63. The number of esters is 1. The monoisotopic (exact) mass is 409 g/mol. The van der Waals surface area contributed by atoms with E-state index in [1.807, 2.05) is 12.1 Å². The second-order valence-corrected chi connectivity index (χ2v) is 7.81. The maximum atomic E-state index is 13.7. The van der Waals surface area contributed by atoms with Crippen molar-refractivity contribution in [2.75, 3.05) is 0 Å². The van der Waals surface area contributed by atoms with Gasteiger partial charge in [-0.3, -0.25) is 0 Å². The van der Waals surface area contributed by atoms with Crippen LogP contribution in [0.15, 0.2) is 42.5 Å². The van der Waals surface area contributed by atoms with Crippen LogP contribution in [0.3, 0.4) is 0 Å². The van der Waals surface area contributed by atoms with Crippen molar-refractivity contribution in [2.24, 2.45) is 11.8 Å². The number of allylic oxidation sites excluding steroid dienone is 1. The zero-order valence-electron chi connectivity index (χ0n) is 17.0. The minimum Gasteiger partial charge on any atom is -0.423 e. The first-order chi connectivity index (χ1) is 14.5. The van der Waals surface area contributed by atoms with E-state index in [1.165, 1.54) is 44.6 Å². The van der Waals surface area contributed by atoms with Crippen molar-refractivity contribution in [3.05, 3.63) is 70.8 Å². The van der Waals surface area contributed by atoms with Gasteiger partial charge < -0.3 is 4.74 Å². The molecule has 156 valence electrons. The number of hydrogen-bond acceptors (Lipinski definition) is 3. The van der Waals surface area contributed by atoms with Gasteiger partial charge in [0.1, 0.15) is 29.0 Å². The van der Waals surface area contributed by atoms with Crippen LogP contribution in [0.25, 0.3) is 6.08 Å². The molecule has 3 nitrogen and oxygen atoms in total. The van der Waals surface area contributed by atoms with Gasteiger partial charge >= 0.3 is 5.97 Å². The van der Waals surface area contributed by atoms with E-state index in [-0.39, 0.29) is 11.3 Å². The highest BCUT2D eigenvalue weighted by molar-refractivity contribution is 5.91. The molecular formula is C25H25F2NO2. The number of ether oxygens (including phenoxy) is 1. The fourth-order valence-corrected chi connectivity index (χ4v) is 3.94. The molecule has 0 bridgehead atoms. The van der Waals surface area contributed by atoms with Crippen LogP contribution >= 0.6 is 0 Å². The SMILES string of the molecule is CCC[C@H]1CC[C@H](C=Cc2ccc(C(=O)Oc3cc(F)c(C#N)c(F)c3)cc2)CC1. The van der Waals surface area contributed by atoms with Crippen LogP contribution in [0.1, 0.15) is 66.9 Å². The summed E-state index contributed by atoms with van der Waals surface area (Å²) >= 11 is 0. The van der Waals surface area contributed by atoms with Crippen LogP contribution < -0.4 is 4.74 Å². The smallest absolute Gasteiger partial charge is 0.343 e. The molecule has 0 atom stereocenters. The number of benzene rings is 2. The summed E-state index contributed by atoms with van der Waals surface area (Å²) in [4.78, 5) is 12.2. The average molecular weight is 409 g/mol. The van der Waals surface area contributed by atoms with Crippen LogP contribution in [0.4, 0.5) is 8.78 Å². The van der Waals surface area contributed by atoms with E-state index in [2.05, 4.69) is 19.1 Å². The first-order valence-electron chi connectivity index (χ1n) is 10.4. The number of nitriles is 1. The molecular weight excluding hydrogens is 384 g/mol. The highest BCUT2D eigenvalue weighted by atomic mass is 19.1. The molecule has 1 aliphatic carbocycles. The summed E-state index contributed by atoms with van der Waals surface area (Å²) < 4.78 is 32.3. The molecule has 3 rings (SSSR count). The summed E-state index contributed by atoms with van der Waals surface area (Å²) in [6.45, 7) is 2.24. The molecule has 1 saturated carbocycles. The minimum absolute atomic E-state index is 0.275. The lowest BCUT2D eigenvalue weighted by molar-refractivity contribution is 0.0734. The zero-order chi connectivity index (χ0) is 21.5. The molecule has 2 aromatic rings. The zero-order valence-corrected chi connectivity index (χ0v) is 17.0. The number of rotatable bonds is 6. The molecule has 0 spiro atoms. The summed E-state index contributed by atoms with van der Waals surface area (Å²) in [5, 5.41) is 8.69. The fraction of sp³-hybridized carbons (Fsp3) is 0.360. The van der Waals surface area contributed by atoms with E-state index in [9.17, 15) is 13.6 Å². The molecule has 0 aliphatic heterocycles. The van der Waals surface area contributed by atoms with Crippen LogP contribution in [0.5, 0.6) is 5.75 Å². The van der Waals surface area contributed by atoms with E-state index in [4.69, 9.17) is 10.00 Å². The number of carbonyl (C=O) groups is 1. The first-order valence-corrected chi connectivity index (χ1v) is 10.4. The summed E-state index contributed by atoms with van der Waals surface area (Å²) in [6, 6.07) is 9.95. The van der Waals surface area contributed by atoms with Gasteiger partial charge in [-0.2, -0.15) is 5.26 Å². The van der Waals surface area contributed by atoms with E-state index < -0.39 is 23.2 Å². The Morgan fingerprint density at radius 1 is 1.13 bits per heavy atom. The Hall–Kier alpha value is -3.00. The van der Waals surface area contributed by atoms with Crippen LogP contribution in [-0.2, 0) is 0 Å². The van der Waals surface area contributed by atoms with E-state index >= 15 is 0 Å². The molecule has 2 aromatic carbocycles. The summed E-state index contributed by atoms with van der Waals surface area (Å²) in [6.07, 6.45) is 12.0. The second kappa shape index (κ2) is 10.2. The molecule has 1 aliphatic rings. The third kappa shape index (κ3) is 5.54. The summed E-state index contributed by atoms with van der Waals surface area (Å²) in [7, 11) is 0. The van der Waals surface area contributed by atoms with Gasteiger partial charge in [-0.25, -0.2) is 13.6 Å². The van der Waals surface area contributed by atoms with Gasteiger partial charge in [0.25, 0.3) is 0 Å². The van der Waals surface area contributed by atoms with Gasteiger partial charge in [-0.05, 0) is 55.2 Å². The largest absolute Gasteiger partial charge is 0.423 e. The van der Waals surface area contributed by atoms with Gasteiger partial charge in [-0.15, -0.1) is 0 Å². The first kappa shape index (κ1) is 21.7. The van der Waals surface area contributed by atoms with Crippen molar-refractivity contribution in [1.82, 2.24) is 0 Å². The Balaban J connectivity index is 1.58. The predicted octanol–water partition coefficient (Wildman–Crippen LogP) is 6.68. The molecule has 0 aromatic heterocycles. The van der Waals surface area contributed by atoms with Crippen molar-refractivity contribution in [3.63, 3.8) is 0 Å². The Kier molecular flexibility index (Phi) is 7.35. The Morgan fingerprint density at radius 3 is 2.33 bits per heavy atom. The van der Waals surface area contributed by atoms with Crippen LogP contribution in [-0.4, -0.2) is 5.97 Å². The standard InChI is InChI=1S/C25H25F2NO2/c1-2-3-17-4-6-18(7-5-17)8-9-19-10-12-20(13-11-19)25(29)30-21-14-23(26)22(16-28)24(27)15-21/h8-15,17-18H,2-7H2,1H3/t17-,18-. The van der Waals surface area contributed by atoms with Crippen molar-refractivity contribution >= 4 is 12.0 Å². The topological polar surface area (TPSA) is 50.1 Å². The lowest BCUT2D eigenvalue weighted by Crippen LogP contribution is -2.12. The maximum absolute atomic E-state index is 13.7. The lowest BCUT2D eigenvalue weighted by atomic mass is 9.80. The van der Waals surface area contributed by atoms with Gasteiger partial charge in [-0.1, -0.05) is 44.1 Å². The highest BCUT2D eigenvalue weighted by Gasteiger charge is 2.18. The molecule has 0 unspecified atom stereocenters. The summed E-state index contributed by atoms with van der Waals surface area (Å²) in [5.41, 5.74) is 0.555. The quantitative estimate of drug-likeness (QED) is 0.395. The number of carbonyl (C=O) groups excluding carboxylic acids is 1. The predicted molar refractivity (Wildman–Crippen MR) is 112 cm³/mol. The number of hydrogen-bond donors (Lipinski definition) is 0. The Morgan fingerprint density at radius 2 is 1.77 bits per heavy atom. The maximum Gasteiger partial charge on any atom is 0.343 e. The third-order valence-corrected chi connectivity index (χ3v) is 5.63. The minimum atomic E-state index is -1.07. The molecule has 30 heavy (non-hydrogen) atoms. The van der Waals surface area contributed by atoms with Gasteiger partial charge in [0, 0.05) is 12.1 Å². The van der Waals surface area contributed by atoms with E-state index in [1.54, 1.807) is 12.1 Å². The lowest BCUT2D eigenvalue weighted by Gasteiger charge is -2.26. The Labute approximate surface area is 176 Å². The van der Waals surface area contributed by atoms with Crippen molar-refractivity contribution in [3.8, 4) is 11.8 Å². The van der Waals surface area contributed by atoms with E-state index in [0.29, 0.717) is 5.92 Å². The Bertz CT molecular complexity index is 929. The van der Waals surface area contributed by atoms with E-state index in [0.717, 1.165) is 23.6 Å². The fourth-order valence-electron chi connectivity index (χ4n) is 3.94. The average Bonchev–Trinajstić information content (AvgIpc) is 2.73. The molecule has 1 fully saturated rings. The second-order valence-electron chi connectivity index (χ2n) is 7.81. The molecule has 0 amide bonds. The highest BCUT2D eigenvalue weighted by Crippen LogP contribution is 2.32. The van der Waals surface area contributed by atoms with Crippen molar-refractivity contribution in [1.29, 1.82) is 5.26 Å². The normalized spacial score (nSPS) is 18.9. The molecule has 0 radical (unpaired) electrons. The number of halogens is 2. The van der Waals surface area contributed by atoms with Gasteiger partial charge in [0.2, 0.25) is 0 Å². The van der Waals surface area contributed by atoms with Crippen molar-refractivity contribution in [2.45, 2.75) is 45.4 Å². The molecule has 0 N–H and O–H groups in total. The number of nitrogens with zero attached hydrogens (tertiary/aromatic N) is 1. The molecule has 0 saturated heterocycles. The van der Waals surface area contributed by atoms with Crippen LogP contribution in [0, 0.1) is 34.8 Å². The van der Waals surface area contributed by atoms with Crippen LogP contribution in [0.2, 0.25) is 0 Å². The molecule has 5 heteroatoms. The van der Waals surface area contributed by atoms with Gasteiger partial charge in [0.05, 0.1) is 5.56 Å². The van der Waals surface area contributed by atoms with Crippen molar-refractivity contribution < 1.29 is 18.3 Å².